The fourth-order valence-corrected chi connectivity index (χ4v) is 4.12. The van der Waals surface area contributed by atoms with Crippen molar-refractivity contribution >= 4 is 11.8 Å². The Bertz CT molecular complexity index is 820. The summed E-state index contributed by atoms with van der Waals surface area (Å²) in [5, 5.41) is 0. The molecule has 2 aliphatic heterocycles. The van der Waals surface area contributed by atoms with Crippen molar-refractivity contribution in [3.8, 4) is 0 Å². The molecule has 3 heterocycles. The number of amides is 2. The zero-order chi connectivity index (χ0) is 18.1. The van der Waals surface area contributed by atoms with E-state index >= 15 is 0 Å². The summed E-state index contributed by atoms with van der Waals surface area (Å²) in [6.45, 7) is 1.85. The molecule has 5 nitrogen and oxygen atoms in total. The van der Waals surface area contributed by atoms with Crippen LogP contribution in [0.5, 0.6) is 0 Å². The van der Waals surface area contributed by atoms with Crippen LogP contribution in [0.2, 0.25) is 0 Å². The number of piperidine rings is 1. The molecule has 4 rings (SSSR count). The van der Waals surface area contributed by atoms with Crippen molar-refractivity contribution in [2.24, 2.45) is 5.41 Å². The third-order valence-electron chi connectivity index (χ3n) is 5.52. The van der Waals surface area contributed by atoms with Gasteiger partial charge in [0.2, 0.25) is 5.91 Å². The van der Waals surface area contributed by atoms with Crippen molar-refractivity contribution in [2.75, 3.05) is 19.6 Å². The molecule has 0 N–H and O–H groups in total. The van der Waals surface area contributed by atoms with Gasteiger partial charge in [-0.1, -0.05) is 18.2 Å². The van der Waals surface area contributed by atoms with Crippen LogP contribution in [0.25, 0.3) is 0 Å². The van der Waals surface area contributed by atoms with E-state index in [-0.39, 0.29) is 24.2 Å². The number of carbonyl (C=O) groups is 2. The van der Waals surface area contributed by atoms with Crippen LogP contribution in [0.1, 0.15) is 35.4 Å². The Morgan fingerprint density at radius 1 is 1.15 bits per heavy atom. The Hall–Kier alpha value is -2.63. The molecule has 1 atom stereocenters. The number of benzene rings is 1. The molecule has 6 heteroatoms. The van der Waals surface area contributed by atoms with Crippen molar-refractivity contribution in [1.29, 1.82) is 0 Å². The summed E-state index contributed by atoms with van der Waals surface area (Å²) in [6, 6.07) is 9.88. The Kier molecular flexibility index (Phi) is 4.26. The number of furan rings is 1. The number of hydrogen-bond donors (Lipinski definition) is 0. The molecule has 2 fully saturated rings. The van der Waals surface area contributed by atoms with Gasteiger partial charge >= 0.3 is 0 Å². The lowest BCUT2D eigenvalue weighted by Crippen LogP contribution is -2.50. The van der Waals surface area contributed by atoms with Gasteiger partial charge in [0.15, 0.2) is 5.76 Å². The minimum atomic E-state index is -0.550. The molecular formula is C20H21FN2O3. The van der Waals surface area contributed by atoms with Gasteiger partial charge in [-0.3, -0.25) is 9.59 Å². The number of carbonyl (C=O) groups excluding carboxylic acids is 2. The molecule has 1 spiro atoms. The largest absolute Gasteiger partial charge is 0.459 e. The summed E-state index contributed by atoms with van der Waals surface area (Å²) >= 11 is 0. The lowest BCUT2D eigenvalue weighted by molar-refractivity contribution is -0.146. The molecule has 1 aromatic carbocycles. The number of hydrogen-bond acceptors (Lipinski definition) is 3. The van der Waals surface area contributed by atoms with Crippen molar-refractivity contribution in [3.63, 3.8) is 0 Å². The Morgan fingerprint density at radius 3 is 2.77 bits per heavy atom. The van der Waals surface area contributed by atoms with Crippen LogP contribution in [0.3, 0.4) is 0 Å². The zero-order valence-corrected chi connectivity index (χ0v) is 14.5. The van der Waals surface area contributed by atoms with Gasteiger partial charge < -0.3 is 14.2 Å². The molecule has 2 saturated heterocycles. The Labute approximate surface area is 151 Å². The summed E-state index contributed by atoms with van der Waals surface area (Å²) in [5.41, 5.74) is -0.0226. The first kappa shape index (κ1) is 16.8. The molecule has 136 valence electrons. The lowest BCUT2D eigenvalue weighted by atomic mass is 9.78. The highest BCUT2D eigenvalue weighted by Crippen LogP contribution is 2.41. The second-order valence-electron chi connectivity index (χ2n) is 7.16. The maximum atomic E-state index is 14.0. The number of halogens is 1. The first-order valence-electron chi connectivity index (χ1n) is 8.95. The van der Waals surface area contributed by atoms with Crippen LogP contribution < -0.4 is 0 Å². The third kappa shape index (κ3) is 2.89. The molecule has 2 aromatic rings. The average molecular weight is 356 g/mol. The molecule has 26 heavy (non-hydrogen) atoms. The smallest absolute Gasteiger partial charge is 0.289 e. The molecule has 0 saturated carbocycles. The van der Waals surface area contributed by atoms with E-state index in [2.05, 4.69) is 0 Å². The molecule has 2 amide bonds. The predicted molar refractivity (Wildman–Crippen MR) is 92.7 cm³/mol. The van der Waals surface area contributed by atoms with Gasteiger partial charge in [0, 0.05) is 31.7 Å². The van der Waals surface area contributed by atoms with Crippen molar-refractivity contribution < 1.29 is 18.4 Å². The summed E-state index contributed by atoms with van der Waals surface area (Å²) in [7, 11) is 0. The van der Waals surface area contributed by atoms with Crippen molar-refractivity contribution in [3.05, 3.63) is 59.8 Å². The van der Waals surface area contributed by atoms with Gasteiger partial charge in [-0.15, -0.1) is 0 Å². The molecule has 0 bridgehead atoms. The van der Waals surface area contributed by atoms with E-state index in [1.54, 1.807) is 40.1 Å². The van der Waals surface area contributed by atoms with Gasteiger partial charge in [-0.2, -0.15) is 0 Å². The van der Waals surface area contributed by atoms with Crippen molar-refractivity contribution in [2.45, 2.75) is 25.8 Å². The molecular weight excluding hydrogens is 335 g/mol. The molecule has 2 aliphatic rings. The van der Waals surface area contributed by atoms with Gasteiger partial charge in [0.25, 0.3) is 5.91 Å². The standard InChI is InChI=1S/C20H21FN2O3/c21-16-6-2-1-5-15(16)13-22-10-4-8-20(19(22)25)9-11-23(14-20)18(24)17-7-3-12-26-17/h1-3,5-7,12H,4,8-11,13-14H2/t20-/m0/s1. The SMILES string of the molecule is O=C(c1ccco1)N1CC[C@@]2(CCCN(Cc3ccccc3F)C2=O)C1. The average Bonchev–Trinajstić information content (AvgIpc) is 3.31. The monoisotopic (exact) mass is 356 g/mol. The van der Waals surface area contributed by atoms with Crippen LogP contribution in [-0.4, -0.2) is 41.2 Å². The van der Waals surface area contributed by atoms with E-state index in [1.165, 1.54) is 12.3 Å². The van der Waals surface area contributed by atoms with E-state index in [0.29, 0.717) is 37.4 Å². The maximum absolute atomic E-state index is 14.0. The first-order chi connectivity index (χ1) is 12.6. The summed E-state index contributed by atoms with van der Waals surface area (Å²) in [6.07, 6.45) is 3.75. The van der Waals surface area contributed by atoms with E-state index in [0.717, 1.165) is 12.8 Å². The molecule has 1 aromatic heterocycles. The van der Waals surface area contributed by atoms with E-state index in [4.69, 9.17) is 4.42 Å². The van der Waals surface area contributed by atoms with Crippen LogP contribution in [0, 0.1) is 11.2 Å². The highest BCUT2D eigenvalue weighted by molar-refractivity contribution is 5.93. The summed E-state index contributed by atoms with van der Waals surface area (Å²) < 4.78 is 19.2. The van der Waals surface area contributed by atoms with Gasteiger partial charge in [-0.05, 0) is 37.5 Å². The molecule has 0 radical (unpaired) electrons. The number of likely N-dealkylation sites (tertiary alicyclic amines) is 2. The van der Waals surface area contributed by atoms with E-state index in [1.807, 2.05) is 0 Å². The minimum absolute atomic E-state index is 0.0294. The zero-order valence-electron chi connectivity index (χ0n) is 14.5. The Morgan fingerprint density at radius 2 is 2.00 bits per heavy atom. The predicted octanol–water partition coefficient (Wildman–Crippen LogP) is 3.07. The van der Waals surface area contributed by atoms with Crippen LogP contribution in [0.15, 0.2) is 47.1 Å². The normalized spacial score (nSPS) is 23.0. The highest BCUT2D eigenvalue weighted by atomic mass is 19.1. The van der Waals surface area contributed by atoms with Crippen LogP contribution in [-0.2, 0) is 11.3 Å². The fourth-order valence-electron chi connectivity index (χ4n) is 4.12. The summed E-state index contributed by atoms with van der Waals surface area (Å²) in [4.78, 5) is 29.1. The van der Waals surface area contributed by atoms with Gasteiger partial charge in [0.1, 0.15) is 5.82 Å². The second-order valence-corrected chi connectivity index (χ2v) is 7.16. The van der Waals surface area contributed by atoms with E-state index < -0.39 is 5.41 Å². The quantitative estimate of drug-likeness (QED) is 0.849. The third-order valence-corrected chi connectivity index (χ3v) is 5.52. The number of nitrogens with zero attached hydrogens (tertiary/aromatic N) is 2. The first-order valence-corrected chi connectivity index (χ1v) is 8.95. The minimum Gasteiger partial charge on any atom is -0.459 e. The fraction of sp³-hybridized carbons (Fsp3) is 0.400. The second kappa shape index (κ2) is 6.59. The van der Waals surface area contributed by atoms with Crippen molar-refractivity contribution in [1.82, 2.24) is 9.80 Å². The maximum Gasteiger partial charge on any atom is 0.289 e. The highest BCUT2D eigenvalue weighted by Gasteiger charge is 2.49. The number of rotatable bonds is 3. The summed E-state index contributed by atoms with van der Waals surface area (Å²) in [5.74, 6) is -0.137. The van der Waals surface area contributed by atoms with Crippen LogP contribution >= 0.6 is 0 Å². The van der Waals surface area contributed by atoms with Crippen LogP contribution in [0.4, 0.5) is 4.39 Å². The van der Waals surface area contributed by atoms with E-state index in [9.17, 15) is 14.0 Å². The molecule has 0 aliphatic carbocycles. The van der Waals surface area contributed by atoms with Gasteiger partial charge in [-0.25, -0.2) is 4.39 Å². The topological polar surface area (TPSA) is 53.8 Å². The lowest BCUT2D eigenvalue weighted by Gasteiger charge is -2.39. The Balaban J connectivity index is 1.49. The van der Waals surface area contributed by atoms with Gasteiger partial charge in [0.05, 0.1) is 11.7 Å². The molecule has 0 unspecified atom stereocenters.